The van der Waals surface area contributed by atoms with Crippen LogP contribution in [-0.4, -0.2) is 36.8 Å². The zero-order chi connectivity index (χ0) is 19.3. The molecular formula is C19H22N4O3S. The Hall–Kier alpha value is -2.71. The van der Waals surface area contributed by atoms with Gasteiger partial charge < -0.3 is 10.5 Å². The van der Waals surface area contributed by atoms with E-state index in [9.17, 15) is 8.42 Å². The molecule has 1 heterocycles. The van der Waals surface area contributed by atoms with E-state index in [1.165, 1.54) is 0 Å². The Bertz CT molecular complexity index is 1000. The highest BCUT2D eigenvalue weighted by atomic mass is 32.2. The van der Waals surface area contributed by atoms with Crippen LogP contribution in [0.1, 0.15) is 17.0 Å². The molecule has 3 rings (SSSR count). The molecule has 27 heavy (non-hydrogen) atoms. The maximum absolute atomic E-state index is 13.0. The van der Waals surface area contributed by atoms with Gasteiger partial charge in [-0.25, -0.2) is 8.42 Å². The van der Waals surface area contributed by atoms with Crippen LogP contribution in [0.15, 0.2) is 59.8 Å². The van der Waals surface area contributed by atoms with Crippen molar-refractivity contribution in [2.45, 2.75) is 23.9 Å². The molecule has 0 aliphatic heterocycles. The molecule has 8 heteroatoms. The molecule has 0 saturated carbocycles. The summed E-state index contributed by atoms with van der Waals surface area (Å²) in [5.41, 5.74) is 7.25. The Morgan fingerprint density at radius 3 is 2.48 bits per heavy atom. The minimum atomic E-state index is -3.69. The van der Waals surface area contributed by atoms with Crippen molar-refractivity contribution < 1.29 is 13.2 Å². The Balaban J connectivity index is 1.96. The fourth-order valence-electron chi connectivity index (χ4n) is 2.83. The summed E-state index contributed by atoms with van der Waals surface area (Å²) in [7, 11) is -2.15. The number of hydrogen-bond donors (Lipinski definition) is 1. The van der Waals surface area contributed by atoms with Gasteiger partial charge in [0.25, 0.3) is 0 Å². The minimum Gasteiger partial charge on any atom is -0.497 e. The van der Waals surface area contributed by atoms with Crippen LogP contribution < -0.4 is 10.5 Å². The lowest BCUT2D eigenvalue weighted by atomic mass is 10.2. The Morgan fingerprint density at radius 2 is 1.78 bits per heavy atom. The fraction of sp³-hybridized carbons (Fsp3) is 0.263. The van der Waals surface area contributed by atoms with E-state index < -0.39 is 9.84 Å². The summed E-state index contributed by atoms with van der Waals surface area (Å²) in [4.78, 5) is 0. The van der Waals surface area contributed by atoms with Gasteiger partial charge in [-0.2, -0.15) is 0 Å². The van der Waals surface area contributed by atoms with E-state index in [4.69, 9.17) is 10.5 Å². The van der Waals surface area contributed by atoms with Gasteiger partial charge in [-0.15, -0.1) is 10.2 Å². The monoisotopic (exact) mass is 386 g/mol. The van der Waals surface area contributed by atoms with E-state index in [-0.39, 0.29) is 10.9 Å². The molecule has 0 aliphatic rings. The number of benzene rings is 2. The second-order valence-electron chi connectivity index (χ2n) is 6.12. The van der Waals surface area contributed by atoms with Crippen molar-refractivity contribution in [3.8, 4) is 5.75 Å². The smallest absolute Gasteiger partial charge is 0.250 e. The second-order valence-corrected chi connectivity index (χ2v) is 8.00. The third-order valence-electron chi connectivity index (χ3n) is 4.11. The molecule has 0 saturated heterocycles. The van der Waals surface area contributed by atoms with Crippen molar-refractivity contribution in [1.82, 2.24) is 14.8 Å². The van der Waals surface area contributed by atoms with E-state index >= 15 is 0 Å². The van der Waals surface area contributed by atoms with Gasteiger partial charge in [-0.3, -0.25) is 4.57 Å². The van der Waals surface area contributed by atoms with Crippen LogP contribution in [0, 0.1) is 0 Å². The van der Waals surface area contributed by atoms with Gasteiger partial charge in [0.15, 0.2) is 0 Å². The van der Waals surface area contributed by atoms with Gasteiger partial charge in [0.05, 0.1) is 19.4 Å². The summed E-state index contributed by atoms with van der Waals surface area (Å²) in [6.45, 7) is 0.735. The molecule has 0 amide bonds. The van der Waals surface area contributed by atoms with Crippen molar-refractivity contribution in [3.63, 3.8) is 0 Å². The van der Waals surface area contributed by atoms with Gasteiger partial charge in [0.1, 0.15) is 11.6 Å². The van der Waals surface area contributed by atoms with Gasteiger partial charge >= 0.3 is 0 Å². The van der Waals surface area contributed by atoms with Crippen LogP contribution in [0.5, 0.6) is 5.75 Å². The van der Waals surface area contributed by atoms with E-state index in [1.807, 2.05) is 30.3 Å². The number of sulfone groups is 1. The molecule has 1 aromatic heterocycles. The molecular weight excluding hydrogens is 364 g/mol. The molecule has 0 radical (unpaired) electrons. The molecule has 7 nitrogen and oxygen atoms in total. The highest BCUT2D eigenvalue weighted by Gasteiger charge is 2.25. The molecule has 0 unspecified atom stereocenters. The predicted molar refractivity (Wildman–Crippen MR) is 102 cm³/mol. The Labute approximate surface area is 158 Å². The maximum Gasteiger partial charge on any atom is 0.250 e. The molecule has 0 fully saturated rings. The van der Waals surface area contributed by atoms with Crippen LogP contribution in [0.3, 0.4) is 0 Å². The van der Waals surface area contributed by atoms with Crippen molar-refractivity contribution in [3.05, 3.63) is 71.5 Å². The lowest BCUT2D eigenvalue weighted by Crippen LogP contribution is -2.17. The minimum absolute atomic E-state index is 0.0439. The zero-order valence-corrected chi connectivity index (χ0v) is 15.9. The van der Waals surface area contributed by atoms with E-state index in [2.05, 4.69) is 10.2 Å². The van der Waals surface area contributed by atoms with Gasteiger partial charge in [0.2, 0.25) is 15.0 Å². The van der Waals surface area contributed by atoms with E-state index in [1.54, 1.807) is 35.9 Å². The highest BCUT2D eigenvalue weighted by Crippen LogP contribution is 2.20. The van der Waals surface area contributed by atoms with Crippen LogP contribution in [0.2, 0.25) is 0 Å². The molecule has 0 bridgehead atoms. The average Bonchev–Trinajstić information content (AvgIpc) is 3.06. The number of rotatable bonds is 8. The first-order chi connectivity index (χ1) is 13.0. The fourth-order valence-corrected chi connectivity index (χ4v) is 4.25. The molecule has 142 valence electrons. The zero-order valence-electron chi connectivity index (χ0n) is 15.1. The van der Waals surface area contributed by atoms with Crippen LogP contribution in [-0.2, 0) is 28.6 Å². The van der Waals surface area contributed by atoms with Crippen molar-refractivity contribution in [2.75, 3.05) is 13.7 Å². The SMILES string of the molecule is COc1cccc(CS(=O)(=O)c2nnc(CCN)n2Cc2ccccc2)c1. The first-order valence-corrected chi connectivity index (χ1v) is 10.2. The lowest BCUT2D eigenvalue weighted by molar-refractivity contribution is 0.414. The third kappa shape index (κ3) is 4.53. The summed E-state index contributed by atoms with van der Waals surface area (Å²) < 4.78 is 32.9. The second kappa shape index (κ2) is 8.32. The first-order valence-electron chi connectivity index (χ1n) is 8.55. The number of nitrogens with two attached hydrogens (primary N) is 1. The largest absolute Gasteiger partial charge is 0.497 e. The average molecular weight is 386 g/mol. The van der Waals surface area contributed by atoms with Gasteiger partial charge in [-0.05, 0) is 29.8 Å². The van der Waals surface area contributed by atoms with Crippen molar-refractivity contribution in [1.29, 1.82) is 0 Å². The number of ether oxygens (including phenoxy) is 1. The van der Waals surface area contributed by atoms with E-state index in [0.717, 1.165) is 5.56 Å². The lowest BCUT2D eigenvalue weighted by Gasteiger charge is -2.11. The van der Waals surface area contributed by atoms with Crippen LogP contribution in [0.25, 0.3) is 0 Å². The highest BCUT2D eigenvalue weighted by molar-refractivity contribution is 7.90. The Kier molecular flexibility index (Phi) is 5.88. The standard InChI is InChI=1S/C19H22N4O3S/c1-26-17-9-5-8-16(12-17)14-27(24,25)19-22-21-18(10-11-20)23(19)13-15-6-3-2-4-7-15/h2-9,12H,10-11,13-14,20H2,1H3. The van der Waals surface area contributed by atoms with Crippen molar-refractivity contribution >= 4 is 9.84 Å². The predicted octanol–water partition coefficient (Wildman–Crippen LogP) is 1.81. The molecule has 2 aromatic carbocycles. The molecule has 2 N–H and O–H groups in total. The summed E-state index contributed by atoms with van der Waals surface area (Å²) in [6.07, 6.45) is 0.453. The number of hydrogen-bond acceptors (Lipinski definition) is 6. The summed E-state index contributed by atoms with van der Waals surface area (Å²) in [6, 6.07) is 16.6. The van der Waals surface area contributed by atoms with Gasteiger partial charge in [0, 0.05) is 6.42 Å². The van der Waals surface area contributed by atoms with Crippen molar-refractivity contribution in [2.24, 2.45) is 5.73 Å². The number of aromatic nitrogens is 3. The molecule has 3 aromatic rings. The van der Waals surface area contributed by atoms with Crippen LogP contribution >= 0.6 is 0 Å². The number of methoxy groups -OCH3 is 1. The summed E-state index contributed by atoms with van der Waals surface area (Å²) >= 11 is 0. The quantitative estimate of drug-likeness (QED) is 0.634. The first kappa shape index (κ1) is 19.1. The molecule has 0 spiro atoms. The maximum atomic E-state index is 13.0. The Morgan fingerprint density at radius 1 is 1.04 bits per heavy atom. The topological polar surface area (TPSA) is 100 Å². The number of nitrogens with zero attached hydrogens (tertiary/aromatic N) is 3. The van der Waals surface area contributed by atoms with Crippen LogP contribution in [0.4, 0.5) is 0 Å². The van der Waals surface area contributed by atoms with E-state index in [0.29, 0.717) is 36.6 Å². The summed E-state index contributed by atoms with van der Waals surface area (Å²) in [5.74, 6) is 0.988. The third-order valence-corrected chi connectivity index (χ3v) is 5.69. The molecule has 0 atom stereocenters. The normalized spacial score (nSPS) is 11.5. The summed E-state index contributed by atoms with van der Waals surface area (Å²) in [5, 5.41) is 8.01. The molecule has 0 aliphatic carbocycles. The van der Waals surface area contributed by atoms with Gasteiger partial charge in [-0.1, -0.05) is 42.5 Å².